The first-order valence-corrected chi connectivity index (χ1v) is 26.7. The number of nitrogens with zero attached hydrogens (tertiary/aromatic N) is 1. The van der Waals surface area contributed by atoms with Crippen LogP contribution < -0.4 is 0 Å². The molecule has 0 radical (unpaired) electrons. The highest BCUT2D eigenvalue weighted by Crippen LogP contribution is 2.23. The molecule has 1 rings (SSSR count). The first-order chi connectivity index (χ1) is 29.5. The van der Waals surface area contributed by atoms with Gasteiger partial charge in [0.15, 0.2) is 0 Å². The molecule has 1 atom stereocenters. The Bertz CT molecular complexity index is 890. The van der Waals surface area contributed by atoms with Crippen LogP contribution in [0.2, 0.25) is 0 Å². The van der Waals surface area contributed by atoms with E-state index in [9.17, 15) is 9.59 Å². The van der Waals surface area contributed by atoms with Gasteiger partial charge in [-0.3, -0.25) is 14.5 Å². The number of hydrogen-bond donors (Lipinski definition) is 0. The minimum atomic E-state index is 0.00253. The second kappa shape index (κ2) is 44.4. The third-order valence-corrected chi connectivity index (χ3v) is 13.1. The zero-order chi connectivity index (χ0) is 43.4. The van der Waals surface area contributed by atoms with Crippen molar-refractivity contribution in [2.24, 2.45) is 11.8 Å². The maximum atomic E-state index is 12.4. The number of morpholine rings is 1. The molecule has 1 fully saturated rings. The van der Waals surface area contributed by atoms with Gasteiger partial charge in [0.2, 0.25) is 0 Å². The topological polar surface area (TPSA) is 74.3 Å². The van der Waals surface area contributed by atoms with Crippen LogP contribution in [0.15, 0.2) is 0 Å². The summed E-state index contributed by atoms with van der Waals surface area (Å²) in [4.78, 5) is 27.3. The molecule has 1 saturated heterocycles. The summed E-state index contributed by atoms with van der Waals surface area (Å²) in [5.41, 5.74) is 0. The van der Waals surface area contributed by atoms with Crippen LogP contribution >= 0.6 is 0 Å². The van der Waals surface area contributed by atoms with Crippen LogP contribution in [0.25, 0.3) is 0 Å². The van der Waals surface area contributed by atoms with Crippen molar-refractivity contribution in [3.05, 3.63) is 0 Å². The fourth-order valence-electron chi connectivity index (χ4n) is 8.94. The van der Waals surface area contributed by atoms with Crippen molar-refractivity contribution in [1.29, 1.82) is 0 Å². The smallest absolute Gasteiger partial charge is 0.305 e. The van der Waals surface area contributed by atoms with Crippen molar-refractivity contribution >= 4 is 11.9 Å². The Morgan fingerprint density at radius 1 is 0.433 bits per heavy atom. The lowest BCUT2D eigenvalue weighted by atomic mass is 9.92. The minimum absolute atomic E-state index is 0.00253. The number of carbonyl (C=O) groups excluding carboxylic acids is 2. The Kier molecular flexibility index (Phi) is 42.1. The van der Waals surface area contributed by atoms with E-state index in [0.29, 0.717) is 38.1 Å². The number of ether oxygens (including phenoxy) is 4. The molecule has 0 amide bonds. The molecule has 1 heterocycles. The molecule has 0 aliphatic carbocycles. The predicted octanol–water partition coefficient (Wildman–Crippen LogP) is 15.1. The molecule has 0 bridgehead atoms. The Morgan fingerprint density at radius 3 is 1.23 bits per heavy atom. The van der Waals surface area contributed by atoms with Gasteiger partial charge in [-0.25, -0.2) is 0 Å². The number of esters is 2. The van der Waals surface area contributed by atoms with Crippen molar-refractivity contribution in [3.8, 4) is 0 Å². The van der Waals surface area contributed by atoms with E-state index in [2.05, 4.69) is 32.6 Å². The van der Waals surface area contributed by atoms with Crippen molar-refractivity contribution in [3.63, 3.8) is 0 Å². The second-order valence-electron chi connectivity index (χ2n) is 18.7. The highest BCUT2D eigenvalue weighted by atomic mass is 16.5. The Morgan fingerprint density at radius 2 is 0.817 bits per heavy atom. The predicted molar refractivity (Wildman–Crippen MR) is 255 cm³/mol. The van der Waals surface area contributed by atoms with Crippen molar-refractivity contribution < 1.29 is 28.5 Å². The van der Waals surface area contributed by atoms with Gasteiger partial charge in [-0.05, 0) is 69.7 Å². The molecule has 60 heavy (non-hydrogen) atoms. The molecule has 0 saturated carbocycles. The van der Waals surface area contributed by atoms with Gasteiger partial charge in [-0.15, -0.1) is 0 Å². The molecule has 0 aromatic heterocycles. The third-order valence-electron chi connectivity index (χ3n) is 13.1. The van der Waals surface area contributed by atoms with E-state index in [1.807, 2.05) is 0 Å². The molecule has 1 aliphatic heterocycles. The lowest BCUT2D eigenvalue weighted by Crippen LogP contribution is -2.36. The molecule has 0 spiro atoms. The summed E-state index contributed by atoms with van der Waals surface area (Å²) in [6, 6.07) is 0. The number of carbonyl (C=O) groups is 2. The lowest BCUT2D eigenvalue weighted by molar-refractivity contribution is -0.145. The fourth-order valence-corrected chi connectivity index (χ4v) is 8.94. The number of rotatable bonds is 46. The van der Waals surface area contributed by atoms with Crippen molar-refractivity contribution in [2.45, 2.75) is 265 Å². The van der Waals surface area contributed by atoms with Gasteiger partial charge in [0.25, 0.3) is 0 Å². The van der Waals surface area contributed by atoms with Crippen LogP contribution in [0, 0.1) is 11.8 Å². The molecule has 1 aliphatic rings. The molecule has 7 heteroatoms. The van der Waals surface area contributed by atoms with E-state index in [1.54, 1.807) is 0 Å². The summed E-state index contributed by atoms with van der Waals surface area (Å²) < 4.78 is 23.4. The highest BCUT2D eigenvalue weighted by Gasteiger charge is 2.14. The summed E-state index contributed by atoms with van der Waals surface area (Å²) in [5, 5.41) is 0. The fraction of sp³-hybridized carbons (Fsp3) is 0.962. The van der Waals surface area contributed by atoms with Crippen LogP contribution in [-0.2, 0) is 28.5 Å². The monoisotopic (exact) mass is 850 g/mol. The van der Waals surface area contributed by atoms with E-state index >= 15 is 0 Å². The maximum Gasteiger partial charge on any atom is 0.305 e. The van der Waals surface area contributed by atoms with Crippen molar-refractivity contribution in [1.82, 2.24) is 4.90 Å². The summed E-state index contributed by atoms with van der Waals surface area (Å²) >= 11 is 0. The molecule has 0 N–H and O–H groups in total. The summed E-state index contributed by atoms with van der Waals surface area (Å²) in [5.74, 6) is 1.44. The molecular weight excluding hydrogens is 747 g/mol. The maximum absolute atomic E-state index is 12.4. The molecule has 0 aromatic carbocycles. The Labute approximate surface area is 373 Å². The molecule has 1 unspecified atom stereocenters. The van der Waals surface area contributed by atoms with Gasteiger partial charge in [0, 0.05) is 32.5 Å². The number of unbranched alkanes of at least 4 members (excludes halogenated alkanes) is 19. The van der Waals surface area contributed by atoms with Crippen molar-refractivity contribution in [2.75, 3.05) is 52.7 Å². The van der Waals surface area contributed by atoms with Crippen LogP contribution in [0.5, 0.6) is 0 Å². The third kappa shape index (κ3) is 37.4. The quantitative estimate of drug-likeness (QED) is 0.0446. The summed E-state index contributed by atoms with van der Waals surface area (Å²) in [6.45, 7) is 16.2. The standard InChI is InChI=1S/C53H103NO6/c1-5-9-21-31-49(32-22-10-6-2)39-45-59-52(55)37-27-19-15-13-14-17-25-35-51(58-44-30-29-41-54-42-47-57-48-43-54)36-26-18-16-20-28-38-53(56)60-46-40-50(33-23-11-7-3)34-24-12-8-4/h49-51H,5-48H2,1-4H3. The van der Waals surface area contributed by atoms with Gasteiger partial charge >= 0.3 is 11.9 Å². The van der Waals surface area contributed by atoms with E-state index in [0.717, 1.165) is 103 Å². The normalized spacial score (nSPS) is 14.0. The second-order valence-corrected chi connectivity index (χ2v) is 18.7. The number of hydrogen-bond acceptors (Lipinski definition) is 7. The average Bonchev–Trinajstić information content (AvgIpc) is 3.25. The zero-order valence-electron chi connectivity index (χ0n) is 40.7. The van der Waals surface area contributed by atoms with E-state index in [4.69, 9.17) is 18.9 Å². The Hall–Kier alpha value is -1.18. The van der Waals surface area contributed by atoms with Gasteiger partial charge in [-0.2, -0.15) is 0 Å². The van der Waals surface area contributed by atoms with E-state index in [-0.39, 0.29) is 11.9 Å². The summed E-state index contributed by atoms with van der Waals surface area (Å²) in [7, 11) is 0. The zero-order valence-corrected chi connectivity index (χ0v) is 40.7. The van der Waals surface area contributed by atoms with Gasteiger partial charge in [0.1, 0.15) is 0 Å². The molecule has 0 aromatic rings. The van der Waals surface area contributed by atoms with E-state index in [1.165, 1.54) is 161 Å². The van der Waals surface area contributed by atoms with Crippen LogP contribution in [0.3, 0.4) is 0 Å². The minimum Gasteiger partial charge on any atom is -0.466 e. The molecule has 356 valence electrons. The van der Waals surface area contributed by atoms with Gasteiger partial charge in [0.05, 0.1) is 32.5 Å². The van der Waals surface area contributed by atoms with E-state index < -0.39 is 0 Å². The Balaban J connectivity index is 2.23. The first-order valence-electron chi connectivity index (χ1n) is 26.7. The SMILES string of the molecule is CCCCCC(CCCCC)CCOC(=O)CCCCCCCCCC(CCCCCCCC(=O)OCCC(CCCCC)CCCCC)OCCCCN1CCOCC1. The van der Waals surface area contributed by atoms with Crippen LogP contribution in [0.4, 0.5) is 0 Å². The van der Waals surface area contributed by atoms with Gasteiger partial charge in [-0.1, -0.05) is 195 Å². The average molecular weight is 850 g/mol. The van der Waals surface area contributed by atoms with Crippen LogP contribution in [0.1, 0.15) is 259 Å². The summed E-state index contributed by atoms with van der Waals surface area (Å²) in [6.07, 6.45) is 43.0. The molecular formula is C53H103NO6. The lowest BCUT2D eigenvalue weighted by Gasteiger charge is -2.26. The first kappa shape index (κ1) is 56.8. The largest absolute Gasteiger partial charge is 0.466 e. The van der Waals surface area contributed by atoms with Crippen LogP contribution in [-0.4, -0.2) is 75.6 Å². The van der Waals surface area contributed by atoms with Gasteiger partial charge < -0.3 is 18.9 Å². The molecule has 7 nitrogen and oxygen atoms in total. The highest BCUT2D eigenvalue weighted by molar-refractivity contribution is 5.69.